The third-order valence-corrected chi connectivity index (χ3v) is 7.35. The Hall–Kier alpha value is -3.22. The number of nitrogens with zero attached hydrogens (tertiary/aromatic N) is 1. The number of aliphatic carboxylic acids is 1. The molecule has 7 heteroatoms. The summed E-state index contributed by atoms with van der Waals surface area (Å²) in [4.78, 5) is 28.8. The van der Waals surface area contributed by atoms with E-state index in [9.17, 15) is 14.7 Å². The minimum atomic E-state index is -0.870. The van der Waals surface area contributed by atoms with Crippen molar-refractivity contribution in [3.63, 3.8) is 0 Å². The number of aromatic nitrogens is 1. The van der Waals surface area contributed by atoms with Gasteiger partial charge in [0.2, 0.25) is 0 Å². The summed E-state index contributed by atoms with van der Waals surface area (Å²) >= 11 is 7.61. The molecule has 0 bridgehead atoms. The van der Waals surface area contributed by atoms with Gasteiger partial charge >= 0.3 is 5.97 Å². The van der Waals surface area contributed by atoms with Gasteiger partial charge in [-0.05, 0) is 54.3 Å². The lowest BCUT2D eigenvalue weighted by Gasteiger charge is -2.14. The molecule has 3 aromatic carbocycles. The molecule has 2 N–H and O–H groups in total. The molecule has 166 valence electrons. The molecule has 1 aromatic heterocycles. The molecule has 5 nitrogen and oxygen atoms in total. The van der Waals surface area contributed by atoms with Gasteiger partial charge in [-0.25, -0.2) is 4.98 Å². The third-order valence-electron chi connectivity index (χ3n) is 6.16. The van der Waals surface area contributed by atoms with Gasteiger partial charge in [-0.2, -0.15) is 0 Å². The molecule has 1 saturated carbocycles. The highest BCUT2D eigenvalue weighted by molar-refractivity contribution is 7.22. The molecule has 1 aliphatic rings. The maximum absolute atomic E-state index is 12.8. The smallest absolute Gasteiger partial charge is 0.307 e. The molecule has 4 aromatic rings. The van der Waals surface area contributed by atoms with Gasteiger partial charge in [0, 0.05) is 22.2 Å². The number of ketones is 1. The summed E-state index contributed by atoms with van der Waals surface area (Å²) in [6, 6.07) is 21.1. The molecule has 0 unspecified atom stereocenters. The zero-order valence-corrected chi connectivity index (χ0v) is 19.2. The van der Waals surface area contributed by atoms with Gasteiger partial charge in [0.15, 0.2) is 10.9 Å². The molecule has 0 saturated heterocycles. The topological polar surface area (TPSA) is 79.3 Å². The van der Waals surface area contributed by atoms with Crippen LogP contribution in [0.3, 0.4) is 0 Å². The van der Waals surface area contributed by atoms with Crippen molar-refractivity contribution in [1.29, 1.82) is 0 Å². The number of rotatable bonds is 6. The Morgan fingerprint density at radius 2 is 1.61 bits per heavy atom. The maximum atomic E-state index is 12.8. The predicted molar refractivity (Wildman–Crippen MR) is 133 cm³/mol. The third kappa shape index (κ3) is 4.49. The van der Waals surface area contributed by atoms with Crippen molar-refractivity contribution in [2.75, 3.05) is 5.32 Å². The first kappa shape index (κ1) is 21.6. The van der Waals surface area contributed by atoms with Crippen LogP contribution in [0.25, 0.3) is 21.3 Å². The van der Waals surface area contributed by atoms with E-state index in [4.69, 9.17) is 11.6 Å². The highest BCUT2D eigenvalue weighted by atomic mass is 35.5. The number of nitrogens with one attached hydrogen (secondary N) is 1. The number of anilines is 2. The summed E-state index contributed by atoms with van der Waals surface area (Å²) in [7, 11) is 0. The van der Waals surface area contributed by atoms with Gasteiger partial charge in [-0.1, -0.05) is 65.8 Å². The largest absolute Gasteiger partial charge is 0.481 e. The summed E-state index contributed by atoms with van der Waals surface area (Å²) in [6.07, 6.45) is 2.01. The minimum Gasteiger partial charge on any atom is -0.481 e. The van der Waals surface area contributed by atoms with Crippen LogP contribution >= 0.6 is 22.9 Å². The van der Waals surface area contributed by atoms with Crippen molar-refractivity contribution in [3.8, 4) is 11.1 Å². The second kappa shape index (κ2) is 8.96. The van der Waals surface area contributed by atoms with Gasteiger partial charge in [-0.3, -0.25) is 9.59 Å². The van der Waals surface area contributed by atoms with Crippen molar-refractivity contribution < 1.29 is 14.7 Å². The summed E-state index contributed by atoms with van der Waals surface area (Å²) in [6.45, 7) is 0. The fourth-order valence-electron chi connectivity index (χ4n) is 4.43. The molecule has 1 fully saturated rings. The van der Waals surface area contributed by atoms with Crippen LogP contribution in [0.15, 0.2) is 66.7 Å². The lowest BCUT2D eigenvalue weighted by Crippen LogP contribution is -2.25. The standard InChI is InChI=1S/C26H21ClN2O3S/c27-18-10-13-23-22(14-18)29-26(33-23)28-19-11-8-16(9-12-19)15-4-6-17(7-5-15)24(30)20-2-1-3-21(20)25(31)32/h4-14,20-21H,1-3H2,(H,28,29)(H,31,32)/t20-,21-/m1/s1. The van der Waals surface area contributed by atoms with Crippen LogP contribution in [0.5, 0.6) is 0 Å². The van der Waals surface area contributed by atoms with Gasteiger partial charge in [-0.15, -0.1) is 0 Å². The zero-order chi connectivity index (χ0) is 22.9. The van der Waals surface area contributed by atoms with Crippen LogP contribution in [-0.4, -0.2) is 21.8 Å². The number of fused-ring (bicyclic) bond motifs is 1. The number of halogens is 1. The maximum Gasteiger partial charge on any atom is 0.307 e. The van der Waals surface area contributed by atoms with Crippen LogP contribution in [-0.2, 0) is 4.79 Å². The first-order chi connectivity index (χ1) is 16.0. The fraction of sp³-hybridized carbons (Fsp3) is 0.192. The molecular formula is C26H21ClN2O3S. The Balaban J connectivity index is 1.29. The van der Waals surface area contributed by atoms with E-state index in [-0.39, 0.29) is 5.78 Å². The monoisotopic (exact) mass is 476 g/mol. The van der Waals surface area contributed by atoms with Gasteiger partial charge < -0.3 is 10.4 Å². The second-order valence-corrected chi connectivity index (χ2v) is 9.72. The first-order valence-electron chi connectivity index (χ1n) is 10.8. The molecule has 0 amide bonds. The van der Waals surface area contributed by atoms with Gasteiger partial charge in [0.05, 0.1) is 16.1 Å². The van der Waals surface area contributed by atoms with Crippen molar-refractivity contribution >= 4 is 55.7 Å². The normalized spacial score (nSPS) is 17.8. The molecule has 0 aliphatic heterocycles. The first-order valence-corrected chi connectivity index (χ1v) is 12.0. The van der Waals surface area contributed by atoms with Crippen LogP contribution in [0.1, 0.15) is 29.6 Å². The molecule has 2 atom stereocenters. The van der Waals surface area contributed by atoms with E-state index in [0.717, 1.165) is 38.6 Å². The van der Waals surface area contributed by atoms with E-state index in [2.05, 4.69) is 10.3 Å². The van der Waals surface area contributed by atoms with Crippen molar-refractivity contribution in [3.05, 3.63) is 77.3 Å². The molecule has 1 aliphatic carbocycles. The number of carboxylic acid groups (broad SMARTS) is 1. The average molecular weight is 477 g/mol. The van der Waals surface area contributed by atoms with Crippen LogP contribution < -0.4 is 5.32 Å². The number of hydrogen-bond donors (Lipinski definition) is 2. The van der Waals surface area contributed by atoms with Crippen LogP contribution in [0.4, 0.5) is 10.8 Å². The summed E-state index contributed by atoms with van der Waals surface area (Å²) in [5.74, 6) is -1.92. The summed E-state index contributed by atoms with van der Waals surface area (Å²) in [5, 5.41) is 14.2. The molecule has 5 rings (SSSR count). The Morgan fingerprint density at radius 3 is 2.30 bits per heavy atom. The van der Waals surface area contributed by atoms with Crippen molar-refractivity contribution in [2.24, 2.45) is 11.8 Å². The Labute approximate surface area is 200 Å². The molecular weight excluding hydrogens is 456 g/mol. The van der Waals surface area contributed by atoms with Gasteiger partial charge in [0.1, 0.15) is 0 Å². The quantitative estimate of drug-likeness (QED) is 0.291. The lowest BCUT2D eigenvalue weighted by molar-refractivity contribution is -0.142. The molecule has 0 spiro atoms. The lowest BCUT2D eigenvalue weighted by atomic mass is 9.88. The highest BCUT2D eigenvalue weighted by Gasteiger charge is 2.37. The Kier molecular flexibility index (Phi) is 5.87. The van der Waals surface area contributed by atoms with E-state index < -0.39 is 17.8 Å². The number of carboxylic acids is 1. The summed E-state index contributed by atoms with van der Waals surface area (Å²) in [5.41, 5.74) is 4.39. The minimum absolute atomic E-state index is 0.0666. The van der Waals surface area contributed by atoms with Crippen LogP contribution in [0.2, 0.25) is 5.02 Å². The number of Topliss-reactive ketones (excluding diaryl/α,β-unsaturated/α-hetero) is 1. The number of benzene rings is 3. The predicted octanol–water partition coefficient (Wildman–Crippen LogP) is 7.04. The van der Waals surface area contributed by atoms with Crippen molar-refractivity contribution in [2.45, 2.75) is 19.3 Å². The van der Waals surface area contributed by atoms with E-state index >= 15 is 0 Å². The average Bonchev–Trinajstić information content (AvgIpc) is 3.46. The fourth-order valence-corrected chi connectivity index (χ4v) is 5.47. The molecule has 1 heterocycles. The van der Waals surface area contributed by atoms with Crippen LogP contribution in [0, 0.1) is 11.8 Å². The number of thiazole rings is 1. The van der Waals surface area contributed by atoms with Crippen molar-refractivity contribution in [1.82, 2.24) is 4.98 Å². The van der Waals surface area contributed by atoms with E-state index in [1.807, 2.05) is 54.6 Å². The number of carbonyl (C=O) groups is 2. The van der Waals surface area contributed by atoms with E-state index in [1.165, 1.54) is 0 Å². The van der Waals surface area contributed by atoms with E-state index in [1.54, 1.807) is 23.5 Å². The Bertz CT molecular complexity index is 1330. The Morgan fingerprint density at radius 1 is 0.939 bits per heavy atom. The second-order valence-electron chi connectivity index (χ2n) is 8.26. The van der Waals surface area contributed by atoms with E-state index in [0.29, 0.717) is 23.4 Å². The SMILES string of the molecule is O=C(O)[C@@H]1CCC[C@H]1C(=O)c1ccc(-c2ccc(Nc3nc4cc(Cl)ccc4s3)cc2)cc1. The van der Waals surface area contributed by atoms with Gasteiger partial charge in [0.25, 0.3) is 0 Å². The highest BCUT2D eigenvalue weighted by Crippen LogP contribution is 2.35. The zero-order valence-electron chi connectivity index (χ0n) is 17.6. The summed E-state index contributed by atoms with van der Waals surface area (Å²) < 4.78 is 1.07. The number of carbonyl (C=O) groups excluding carboxylic acids is 1. The molecule has 0 radical (unpaired) electrons. The molecule has 33 heavy (non-hydrogen) atoms. The number of hydrogen-bond acceptors (Lipinski definition) is 5.